The van der Waals surface area contributed by atoms with Gasteiger partial charge in [0, 0.05) is 6.04 Å². The number of hydrogen-bond acceptors (Lipinski definition) is 4. The molecule has 5 nitrogen and oxygen atoms in total. The molecule has 0 aliphatic rings. The van der Waals surface area contributed by atoms with Gasteiger partial charge in [0.1, 0.15) is 5.82 Å². The molecule has 0 bridgehead atoms. The zero-order valence-corrected chi connectivity index (χ0v) is 8.23. The van der Waals surface area contributed by atoms with E-state index in [1.165, 1.54) is 0 Å². The van der Waals surface area contributed by atoms with Gasteiger partial charge in [0.25, 0.3) is 0 Å². The lowest BCUT2D eigenvalue weighted by molar-refractivity contribution is 0.259. The van der Waals surface area contributed by atoms with Gasteiger partial charge in [0.05, 0.1) is 12.6 Å². The quantitative estimate of drug-likeness (QED) is 0.701. The van der Waals surface area contributed by atoms with Crippen LogP contribution >= 0.6 is 0 Å². The summed E-state index contributed by atoms with van der Waals surface area (Å²) in [5.41, 5.74) is 5.67. The number of nitrogens with zero attached hydrogens (tertiary/aromatic N) is 3. The Bertz CT molecular complexity index is 282. The summed E-state index contributed by atoms with van der Waals surface area (Å²) in [5, 5.41) is 16.8. The number of rotatable bonds is 3. The molecule has 0 aromatic carbocycles. The molecule has 3 N–H and O–H groups in total. The number of aliphatic hydroxyl groups is 1. The largest absolute Gasteiger partial charge is 0.394 e. The van der Waals surface area contributed by atoms with E-state index in [4.69, 9.17) is 10.8 Å². The van der Waals surface area contributed by atoms with Crippen molar-refractivity contribution in [2.75, 3.05) is 6.61 Å². The first-order valence-corrected chi connectivity index (χ1v) is 4.35. The minimum Gasteiger partial charge on any atom is -0.394 e. The van der Waals surface area contributed by atoms with Gasteiger partial charge in [-0.15, -0.1) is 10.2 Å². The molecule has 1 atom stereocenters. The van der Waals surface area contributed by atoms with Gasteiger partial charge in [-0.05, 0) is 20.8 Å². The van der Waals surface area contributed by atoms with Crippen molar-refractivity contribution in [3.05, 3.63) is 11.6 Å². The zero-order valence-electron chi connectivity index (χ0n) is 8.23. The van der Waals surface area contributed by atoms with E-state index in [2.05, 4.69) is 10.2 Å². The Balaban J connectivity index is 3.07. The molecule has 0 fully saturated rings. The average molecular weight is 184 g/mol. The van der Waals surface area contributed by atoms with Crippen LogP contribution in [0.15, 0.2) is 0 Å². The van der Waals surface area contributed by atoms with Crippen molar-refractivity contribution < 1.29 is 5.11 Å². The highest BCUT2D eigenvalue weighted by Gasteiger charge is 2.16. The number of hydrogen-bond donors (Lipinski definition) is 2. The monoisotopic (exact) mass is 184 g/mol. The summed E-state index contributed by atoms with van der Waals surface area (Å²) >= 11 is 0. The van der Waals surface area contributed by atoms with E-state index >= 15 is 0 Å². The number of aliphatic hydroxyl groups excluding tert-OH is 1. The Morgan fingerprint density at radius 1 is 1.46 bits per heavy atom. The van der Waals surface area contributed by atoms with Crippen molar-refractivity contribution in [2.24, 2.45) is 5.73 Å². The summed E-state index contributed by atoms with van der Waals surface area (Å²) in [7, 11) is 0. The van der Waals surface area contributed by atoms with Crippen molar-refractivity contribution in [3.63, 3.8) is 0 Å². The van der Waals surface area contributed by atoms with Crippen LogP contribution in [0.3, 0.4) is 0 Å². The second kappa shape index (κ2) is 3.85. The maximum Gasteiger partial charge on any atom is 0.152 e. The van der Waals surface area contributed by atoms with Gasteiger partial charge in [-0.1, -0.05) is 0 Å². The molecule has 0 amide bonds. The minimum atomic E-state index is -0.441. The van der Waals surface area contributed by atoms with Crippen molar-refractivity contribution in [2.45, 2.75) is 32.9 Å². The average Bonchev–Trinajstić information content (AvgIpc) is 2.45. The Morgan fingerprint density at radius 3 is 2.54 bits per heavy atom. The Kier molecular flexibility index (Phi) is 3.00. The highest BCUT2D eigenvalue weighted by molar-refractivity contribution is 5.00. The summed E-state index contributed by atoms with van der Waals surface area (Å²) in [6.45, 7) is 5.83. The van der Waals surface area contributed by atoms with Gasteiger partial charge < -0.3 is 15.4 Å². The lowest BCUT2D eigenvalue weighted by Gasteiger charge is -2.15. The molecule has 5 heteroatoms. The molecule has 1 aromatic heterocycles. The minimum absolute atomic E-state index is 0.106. The van der Waals surface area contributed by atoms with E-state index in [1.807, 2.05) is 25.3 Å². The molecule has 0 radical (unpaired) electrons. The summed E-state index contributed by atoms with van der Waals surface area (Å²) in [6, 6.07) is -0.175. The Hall–Kier alpha value is -0.940. The third-order valence-corrected chi connectivity index (χ3v) is 1.94. The predicted molar refractivity (Wildman–Crippen MR) is 49.2 cm³/mol. The van der Waals surface area contributed by atoms with Gasteiger partial charge in [-0.25, -0.2) is 0 Å². The predicted octanol–water partition coefficient (Wildman–Crippen LogP) is 0.160. The maximum absolute atomic E-state index is 8.90. The second-order valence-corrected chi connectivity index (χ2v) is 3.36. The van der Waals surface area contributed by atoms with Gasteiger partial charge >= 0.3 is 0 Å². The Morgan fingerprint density at radius 2 is 2.08 bits per heavy atom. The van der Waals surface area contributed by atoms with Crippen LogP contribution in [-0.2, 0) is 0 Å². The lowest BCUT2D eigenvalue weighted by atomic mass is 10.3. The first-order chi connectivity index (χ1) is 6.07. The van der Waals surface area contributed by atoms with E-state index in [0.29, 0.717) is 5.82 Å². The van der Waals surface area contributed by atoms with E-state index in [0.717, 1.165) is 5.82 Å². The molecular formula is C8H16N4O. The molecule has 0 aliphatic heterocycles. The van der Waals surface area contributed by atoms with E-state index in [1.54, 1.807) is 0 Å². The van der Waals surface area contributed by atoms with Crippen molar-refractivity contribution in [1.82, 2.24) is 14.8 Å². The lowest BCUT2D eigenvalue weighted by Crippen LogP contribution is -2.21. The highest BCUT2D eigenvalue weighted by atomic mass is 16.3. The summed E-state index contributed by atoms with van der Waals surface area (Å²) in [6.07, 6.45) is 0. The first kappa shape index (κ1) is 10.1. The van der Waals surface area contributed by atoms with Gasteiger partial charge in [-0.2, -0.15) is 0 Å². The molecule has 1 aromatic rings. The summed E-state index contributed by atoms with van der Waals surface area (Å²) in [4.78, 5) is 0. The second-order valence-electron chi connectivity index (χ2n) is 3.36. The summed E-state index contributed by atoms with van der Waals surface area (Å²) in [5.74, 6) is 1.48. The molecule has 1 heterocycles. The fourth-order valence-corrected chi connectivity index (χ4v) is 1.36. The molecule has 0 saturated carbocycles. The fraction of sp³-hybridized carbons (Fsp3) is 0.750. The SMILES string of the molecule is Cc1nnc([C@H](N)CO)n1C(C)C. The molecule has 13 heavy (non-hydrogen) atoms. The topological polar surface area (TPSA) is 77.0 Å². The number of nitrogens with two attached hydrogens (primary N) is 1. The van der Waals surface area contributed by atoms with Gasteiger partial charge in [-0.3, -0.25) is 0 Å². The van der Waals surface area contributed by atoms with Crippen LogP contribution in [0, 0.1) is 6.92 Å². The maximum atomic E-state index is 8.90. The first-order valence-electron chi connectivity index (χ1n) is 4.35. The molecule has 1 rings (SSSR count). The molecular weight excluding hydrogens is 168 g/mol. The van der Waals surface area contributed by atoms with Crippen LogP contribution in [0.4, 0.5) is 0 Å². The van der Waals surface area contributed by atoms with Crippen LogP contribution in [-0.4, -0.2) is 26.5 Å². The van der Waals surface area contributed by atoms with Crippen LogP contribution in [0.1, 0.15) is 37.6 Å². The van der Waals surface area contributed by atoms with E-state index in [9.17, 15) is 0 Å². The molecule has 74 valence electrons. The van der Waals surface area contributed by atoms with Crippen molar-refractivity contribution in [3.8, 4) is 0 Å². The van der Waals surface area contributed by atoms with Crippen LogP contribution in [0.2, 0.25) is 0 Å². The molecule has 0 spiro atoms. The fourth-order valence-electron chi connectivity index (χ4n) is 1.36. The molecule has 0 unspecified atom stereocenters. The third kappa shape index (κ3) is 1.87. The van der Waals surface area contributed by atoms with Crippen LogP contribution in [0.5, 0.6) is 0 Å². The van der Waals surface area contributed by atoms with E-state index in [-0.39, 0.29) is 12.6 Å². The van der Waals surface area contributed by atoms with Gasteiger partial charge in [0.15, 0.2) is 5.82 Å². The number of aryl methyl sites for hydroxylation is 1. The Labute approximate surface area is 77.6 Å². The molecule has 0 aliphatic carbocycles. The van der Waals surface area contributed by atoms with Crippen molar-refractivity contribution in [1.29, 1.82) is 0 Å². The van der Waals surface area contributed by atoms with Crippen LogP contribution in [0.25, 0.3) is 0 Å². The molecule has 0 saturated heterocycles. The zero-order chi connectivity index (χ0) is 10.0. The highest BCUT2D eigenvalue weighted by Crippen LogP contribution is 2.15. The smallest absolute Gasteiger partial charge is 0.152 e. The van der Waals surface area contributed by atoms with Gasteiger partial charge in [0.2, 0.25) is 0 Å². The normalized spacial score (nSPS) is 13.7. The third-order valence-electron chi connectivity index (χ3n) is 1.94. The standard InChI is InChI=1S/C8H16N4O/c1-5(2)12-6(3)10-11-8(12)7(9)4-13/h5,7,13H,4,9H2,1-3H3/t7-/m1/s1. The van der Waals surface area contributed by atoms with Crippen LogP contribution < -0.4 is 5.73 Å². The summed E-state index contributed by atoms with van der Waals surface area (Å²) < 4.78 is 1.93. The number of aromatic nitrogens is 3. The van der Waals surface area contributed by atoms with Crippen molar-refractivity contribution >= 4 is 0 Å². The van der Waals surface area contributed by atoms with E-state index < -0.39 is 6.04 Å².